The molecule has 1 atom stereocenters. The Balaban J connectivity index is 2.65. The number of hydrogen-bond donors (Lipinski definition) is 2. The Hall–Kier alpha value is -1.83. The minimum absolute atomic E-state index is 0.0160. The Morgan fingerprint density at radius 1 is 1.58 bits per heavy atom. The second kappa shape index (κ2) is 6.37. The van der Waals surface area contributed by atoms with Crippen LogP contribution in [-0.4, -0.2) is 35.8 Å². The molecule has 0 saturated heterocycles. The highest BCUT2D eigenvalue weighted by Gasteiger charge is 2.30. The quantitative estimate of drug-likeness (QED) is 0.832. The summed E-state index contributed by atoms with van der Waals surface area (Å²) in [5.74, 6) is -1.03. The maximum Gasteiger partial charge on any atom is 0.416 e. The standard InChI is InChI=1S/C11H13F3N2O3/c1-19-8(5-10(17)18)6-16-9-4-7(2-3-15-9)11(12,13)14/h2-4,8H,5-6H2,1H3,(H,15,16)(H,17,18). The van der Waals surface area contributed by atoms with Crippen LogP contribution in [0.25, 0.3) is 0 Å². The molecule has 0 aliphatic heterocycles. The van der Waals surface area contributed by atoms with E-state index in [1.54, 1.807) is 0 Å². The van der Waals surface area contributed by atoms with Crippen LogP contribution in [-0.2, 0) is 15.7 Å². The number of alkyl halides is 3. The Morgan fingerprint density at radius 3 is 2.79 bits per heavy atom. The molecule has 1 unspecified atom stereocenters. The SMILES string of the molecule is COC(CNc1cc(C(F)(F)F)ccn1)CC(=O)O. The number of nitrogens with one attached hydrogen (secondary N) is 1. The minimum Gasteiger partial charge on any atom is -0.481 e. The first kappa shape index (κ1) is 15.2. The molecular formula is C11H13F3N2O3. The molecule has 0 radical (unpaired) electrons. The maximum atomic E-state index is 12.4. The fraction of sp³-hybridized carbons (Fsp3) is 0.455. The summed E-state index contributed by atoms with van der Waals surface area (Å²) < 4.78 is 42.2. The molecule has 0 amide bonds. The topological polar surface area (TPSA) is 71.5 Å². The van der Waals surface area contributed by atoms with Crippen molar-refractivity contribution in [2.45, 2.75) is 18.7 Å². The van der Waals surface area contributed by atoms with Gasteiger partial charge in [0.05, 0.1) is 18.1 Å². The summed E-state index contributed by atoms with van der Waals surface area (Å²) >= 11 is 0. The van der Waals surface area contributed by atoms with Gasteiger partial charge < -0.3 is 15.2 Å². The molecule has 19 heavy (non-hydrogen) atoms. The van der Waals surface area contributed by atoms with Gasteiger partial charge in [-0.25, -0.2) is 4.98 Å². The molecule has 0 aliphatic carbocycles. The van der Waals surface area contributed by atoms with Crippen LogP contribution < -0.4 is 5.32 Å². The van der Waals surface area contributed by atoms with Gasteiger partial charge in [0.15, 0.2) is 0 Å². The number of rotatable bonds is 6. The number of carbonyl (C=O) groups is 1. The van der Waals surface area contributed by atoms with Crippen LogP contribution in [0.15, 0.2) is 18.3 Å². The smallest absolute Gasteiger partial charge is 0.416 e. The maximum absolute atomic E-state index is 12.4. The van der Waals surface area contributed by atoms with Crippen molar-refractivity contribution in [2.75, 3.05) is 19.0 Å². The van der Waals surface area contributed by atoms with Gasteiger partial charge in [0.1, 0.15) is 5.82 Å². The van der Waals surface area contributed by atoms with Crippen LogP contribution in [0.3, 0.4) is 0 Å². The number of anilines is 1. The lowest BCUT2D eigenvalue weighted by Gasteiger charge is -2.15. The van der Waals surface area contributed by atoms with Crippen molar-refractivity contribution in [1.29, 1.82) is 0 Å². The molecule has 8 heteroatoms. The van der Waals surface area contributed by atoms with Crippen LogP contribution in [0.1, 0.15) is 12.0 Å². The first-order valence-electron chi connectivity index (χ1n) is 5.34. The number of aliphatic carboxylic acids is 1. The van der Waals surface area contributed by atoms with Crippen LogP contribution in [0, 0.1) is 0 Å². The van der Waals surface area contributed by atoms with E-state index in [-0.39, 0.29) is 18.8 Å². The van der Waals surface area contributed by atoms with E-state index in [0.717, 1.165) is 18.3 Å². The first-order chi connectivity index (χ1) is 8.82. The molecule has 0 fully saturated rings. The van der Waals surface area contributed by atoms with Crippen molar-refractivity contribution < 1.29 is 27.8 Å². The Bertz CT molecular complexity index is 437. The van der Waals surface area contributed by atoms with E-state index >= 15 is 0 Å². The molecule has 2 N–H and O–H groups in total. The summed E-state index contributed by atoms with van der Waals surface area (Å²) in [5.41, 5.74) is -0.822. The van der Waals surface area contributed by atoms with Gasteiger partial charge in [0, 0.05) is 19.9 Å². The van der Waals surface area contributed by atoms with Gasteiger partial charge in [-0.3, -0.25) is 4.79 Å². The molecule has 5 nitrogen and oxygen atoms in total. The third-order valence-corrected chi connectivity index (χ3v) is 2.33. The van der Waals surface area contributed by atoms with E-state index < -0.39 is 23.8 Å². The predicted molar refractivity (Wildman–Crippen MR) is 60.8 cm³/mol. The Morgan fingerprint density at radius 2 is 2.26 bits per heavy atom. The number of carboxylic acids is 1. The summed E-state index contributed by atoms with van der Waals surface area (Å²) in [6.07, 6.45) is -4.30. The molecular weight excluding hydrogens is 265 g/mol. The zero-order valence-corrected chi connectivity index (χ0v) is 10.1. The molecule has 0 saturated carbocycles. The third-order valence-electron chi connectivity index (χ3n) is 2.33. The van der Waals surface area contributed by atoms with Gasteiger partial charge in [0.25, 0.3) is 0 Å². The monoisotopic (exact) mass is 278 g/mol. The number of pyridine rings is 1. The van der Waals surface area contributed by atoms with Crippen molar-refractivity contribution in [1.82, 2.24) is 4.98 Å². The number of halogens is 3. The lowest BCUT2D eigenvalue weighted by Crippen LogP contribution is -2.25. The second-order valence-electron chi connectivity index (χ2n) is 3.76. The van der Waals surface area contributed by atoms with Gasteiger partial charge in [-0.2, -0.15) is 13.2 Å². The molecule has 1 rings (SSSR count). The number of methoxy groups -OCH3 is 1. The minimum atomic E-state index is -4.44. The molecule has 1 aromatic rings. The zero-order chi connectivity index (χ0) is 14.5. The number of aromatic nitrogens is 1. The van der Waals surface area contributed by atoms with E-state index in [0.29, 0.717) is 0 Å². The summed E-state index contributed by atoms with van der Waals surface area (Å²) in [6.45, 7) is 0.0527. The average molecular weight is 278 g/mol. The highest BCUT2D eigenvalue weighted by molar-refractivity contribution is 5.67. The molecule has 106 valence electrons. The van der Waals surface area contributed by atoms with Crippen molar-refractivity contribution in [3.63, 3.8) is 0 Å². The van der Waals surface area contributed by atoms with Crippen molar-refractivity contribution in [3.8, 4) is 0 Å². The fourth-order valence-electron chi connectivity index (χ4n) is 1.36. The predicted octanol–water partition coefficient (Wildman–Crippen LogP) is 2.00. The van der Waals surface area contributed by atoms with Crippen LogP contribution in [0.2, 0.25) is 0 Å². The molecule has 0 spiro atoms. The lowest BCUT2D eigenvalue weighted by molar-refractivity contribution is -0.139. The lowest BCUT2D eigenvalue weighted by atomic mass is 10.2. The van der Waals surface area contributed by atoms with Crippen LogP contribution in [0.5, 0.6) is 0 Å². The molecule has 0 aliphatic rings. The van der Waals surface area contributed by atoms with Crippen LogP contribution in [0.4, 0.5) is 19.0 Å². The summed E-state index contributed by atoms with van der Waals surface area (Å²) in [6, 6.07) is 1.71. The summed E-state index contributed by atoms with van der Waals surface area (Å²) in [4.78, 5) is 14.2. The van der Waals surface area contributed by atoms with Crippen molar-refractivity contribution in [2.24, 2.45) is 0 Å². The Labute approximate surface area is 107 Å². The molecule has 1 heterocycles. The Kier molecular flexibility index (Phi) is 5.11. The normalized spacial score (nSPS) is 13.1. The highest BCUT2D eigenvalue weighted by atomic mass is 19.4. The van der Waals surface area contributed by atoms with Gasteiger partial charge in [-0.05, 0) is 12.1 Å². The molecule has 0 aromatic carbocycles. The molecule has 1 aromatic heterocycles. The highest BCUT2D eigenvalue weighted by Crippen LogP contribution is 2.29. The van der Waals surface area contributed by atoms with E-state index in [9.17, 15) is 18.0 Å². The second-order valence-corrected chi connectivity index (χ2v) is 3.76. The van der Waals surface area contributed by atoms with Crippen molar-refractivity contribution in [3.05, 3.63) is 23.9 Å². The van der Waals surface area contributed by atoms with Crippen molar-refractivity contribution >= 4 is 11.8 Å². The number of nitrogens with zero attached hydrogens (tertiary/aromatic N) is 1. The van der Waals surface area contributed by atoms with Crippen LogP contribution >= 0.6 is 0 Å². The van der Waals surface area contributed by atoms with Gasteiger partial charge >= 0.3 is 12.1 Å². The number of carboxylic acid groups (broad SMARTS) is 1. The van der Waals surface area contributed by atoms with E-state index in [1.807, 2.05) is 0 Å². The van der Waals surface area contributed by atoms with Gasteiger partial charge in [-0.15, -0.1) is 0 Å². The van der Waals surface area contributed by atoms with E-state index in [4.69, 9.17) is 9.84 Å². The first-order valence-corrected chi connectivity index (χ1v) is 5.34. The number of ether oxygens (including phenoxy) is 1. The molecule has 0 bridgehead atoms. The summed E-state index contributed by atoms with van der Waals surface area (Å²) in [5, 5.41) is 11.2. The average Bonchev–Trinajstić information content (AvgIpc) is 2.33. The fourth-order valence-corrected chi connectivity index (χ4v) is 1.36. The van der Waals surface area contributed by atoms with Gasteiger partial charge in [-0.1, -0.05) is 0 Å². The zero-order valence-electron chi connectivity index (χ0n) is 10.1. The van der Waals surface area contributed by atoms with E-state index in [1.165, 1.54) is 7.11 Å². The van der Waals surface area contributed by atoms with Gasteiger partial charge in [0.2, 0.25) is 0 Å². The number of hydrogen-bond acceptors (Lipinski definition) is 4. The summed E-state index contributed by atoms with van der Waals surface area (Å²) in [7, 11) is 1.33. The largest absolute Gasteiger partial charge is 0.481 e. The van der Waals surface area contributed by atoms with E-state index in [2.05, 4.69) is 10.3 Å². The third kappa shape index (κ3) is 5.12.